The molecule has 1 heterocycles. The molecular formula is C17H25N3. The van der Waals surface area contributed by atoms with Crippen molar-refractivity contribution in [1.29, 1.82) is 0 Å². The first-order chi connectivity index (χ1) is 9.44. The molecule has 0 amide bonds. The molecule has 0 aliphatic carbocycles. The van der Waals surface area contributed by atoms with Crippen LogP contribution in [0.4, 0.5) is 0 Å². The Bertz CT molecular complexity index is 506. The summed E-state index contributed by atoms with van der Waals surface area (Å²) in [6.07, 6.45) is 5.65. The molecule has 0 radical (unpaired) electrons. The molecule has 1 aromatic heterocycles. The summed E-state index contributed by atoms with van der Waals surface area (Å²) in [5.74, 6) is 0.525. The van der Waals surface area contributed by atoms with E-state index < -0.39 is 0 Å². The standard InChI is InChI=1S/C17H25N3/c1-14(11-19-17(2,3)4)16-7-5-15(6-8-16)12-20-10-9-18-13-20/h5-10,13-14,19H,11-12H2,1-4H3. The van der Waals surface area contributed by atoms with Gasteiger partial charge in [-0.3, -0.25) is 0 Å². The van der Waals surface area contributed by atoms with Crippen molar-refractivity contribution < 1.29 is 0 Å². The first-order valence-corrected chi connectivity index (χ1v) is 7.24. The van der Waals surface area contributed by atoms with E-state index in [1.165, 1.54) is 11.1 Å². The van der Waals surface area contributed by atoms with Gasteiger partial charge in [-0.1, -0.05) is 31.2 Å². The second-order valence-corrected chi connectivity index (χ2v) is 6.51. The van der Waals surface area contributed by atoms with Crippen LogP contribution in [0.25, 0.3) is 0 Å². The summed E-state index contributed by atoms with van der Waals surface area (Å²) < 4.78 is 2.08. The van der Waals surface area contributed by atoms with Crippen LogP contribution in [0.15, 0.2) is 43.0 Å². The minimum absolute atomic E-state index is 0.176. The lowest BCUT2D eigenvalue weighted by Crippen LogP contribution is -2.38. The minimum Gasteiger partial charge on any atom is -0.333 e. The molecule has 2 aromatic rings. The summed E-state index contributed by atoms with van der Waals surface area (Å²) in [6.45, 7) is 10.8. The molecule has 3 nitrogen and oxygen atoms in total. The van der Waals surface area contributed by atoms with Crippen molar-refractivity contribution in [2.45, 2.75) is 45.7 Å². The number of aromatic nitrogens is 2. The van der Waals surface area contributed by atoms with Gasteiger partial charge in [0.15, 0.2) is 0 Å². The second kappa shape index (κ2) is 6.23. The number of nitrogens with one attached hydrogen (secondary N) is 1. The van der Waals surface area contributed by atoms with Crippen molar-refractivity contribution >= 4 is 0 Å². The SMILES string of the molecule is CC(CNC(C)(C)C)c1ccc(Cn2ccnc2)cc1. The van der Waals surface area contributed by atoms with Crippen LogP contribution >= 0.6 is 0 Å². The molecule has 1 atom stereocenters. The van der Waals surface area contributed by atoms with Gasteiger partial charge in [-0.25, -0.2) is 4.98 Å². The summed E-state index contributed by atoms with van der Waals surface area (Å²) in [6, 6.07) is 8.90. The highest BCUT2D eigenvalue weighted by Gasteiger charge is 2.12. The monoisotopic (exact) mass is 271 g/mol. The van der Waals surface area contributed by atoms with Crippen LogP contribution in [-0.2, 0) is 6.54 Å². The molecule has 0 aliphatic rings. The average molecular weight is 271 g/mol. The first kappa shape index (κ1) is 14.8. The van der Waals surface area contributed by atoms with Gasteiger partial charge >= 0.3 is 0 Å². The maximum Gasteiger partial charge on any atom is 0.0949 e. The van der Waals surface area contributed by atoms with Crippen LogP contribution in [0.5, 0.6) is 0 Å². The normalized spacial score (nSPS) is 13.4. The van der Waals surface area contributed by atoms with Crippen LogP contribution in [0.3, 0.4) is 0 Å². The van der Waals surface area contributed by atoms with Crippen molar-refractivity contribution in [3.05, 3.63) is 54.1 Å². The second-order valence-electron chi connectivity index (χ2n) is 6.51. The van der Waals surface area contributed by atoms with Gasteiger partial charge in [-0.15, -0.1) is 0 Å². The minimum atomic E-state index is 0.176. The Morgan fingerprint density at radius 3 is 2.45 bits per heavy atom. The summed E-state index contributed by atoms with van der Waals surface area (Å²) in [4.78, 5) is 4.07. The van der Waals surface area contributed by atoms with Gasteiger partial charge in [-0.05, 0) is 37.8 Å². The van der Waals surface area contributed by atoms with Crippen LogP contribution in [0.2, 0.25) is 0 Å². The Labute approximate surface area is 122 Å². The fourth-order valence-corrected chi connectivity index (χ4v) is 2.12. The van der Waals surface area contributed by atoms with E-state index in [0.717, 1.165) is 13.1 Å². The highest BCUT2D eigenvalue weighted by atomic mass is 15.0. The molecule has 0 spiro atoms. The lowest BCUT2D eigenvalue weighted by molar-refractivity contribution is 0.412. The number of rotatable bonds is 5. The largest absolute Gasteiger partial charge is 0.333 e. The van der Waals surface area contributed by atoms with Gasteiger partial charge in [0.1, 0.15) is 0 Å². The van der Waals surface area contributed by atoms with Crippen molar-refractivity contribution in [2.75, 3.05) is 6.54 Å². The molecule has 108 valence electrons. The van der Waals surface area contributed by atoms with E-state index in [1.54, 1.807) is 0 Å². The van der Waals surface area contributed by atoms with E-state index in [9.17, 15) is 0 Å². The molecule has 1 N–H and O–H groups in total. The molecule has 0 aliphatic heterocycles. The summed E-state index contributed by atoms with van der Waals surface area (Å²) >= 11 is 0. The third-order valence-electron chi connectivity index (χ3n) is 3.41. The van der Waals surface area contributed by atoms with E-state index >= 15 is 0 Å². The summed E-state index contributed by atoms with van der Waals surface area (Å²) in [5, 5.41) is 3.56. The van der Waals surface area contributed by atoms with E-state index in [4.69, 9.17) is 0 Å². The zero-order valence-corrected chi connectivity index (χ0v) is 12.9. The highest BCUT2D eigenvalue weighted by Crippen LogP contribution is 2.16. The molecule has 1 aromatic carbocycles. The summed E-state index contributed by atoms with van der Waals surface area (Å²) in [7, 11) is 0. The predicted octanol–water partition coefficient (Wildman–Crippen LogP) is 3.42. The van der Waals surface area contributed by atoms with Crippen LogP contribution in [-0.4, -0.2) is 21.6 Å². The Hall–Kier alpha value is -1.61. The first-order valence-electron chi connectivity index (χ1n) is 7.24. The van der Waals surface area contributed by atoms with Crippen LogP contribution in [0.1, 0.15) is 44.7 Å². The van der Waals surface area contributed by atoms with Gasteiger partial charge in [0, 0.05) is 31.0 Å². The molecule has 20 heavy (non-hydrogen) atoms. The third kappa shape index (κ3) is 4.49. The quantitative estimate of drug-likeness (QED) is 0.903. The smallest absolute Gasteiger partial charge is 0.0949 e. The van der Waals surface area contributed by atoms with E-state index in [-0.39, 0.29) is 5.54 Å². The molecule has 2 rings (SSSR count). The maximum absolute atomic E-state index is 4.07. The fourth-order valence-electron chi connectivity index (χ4n) is 2.12. The van der Waals surface area contributed by atoms with Gasteiger partial charge in [0.25, 0.3) is 0 Å². The van der Waals surface area contributed by atoms with Crippen molar-refractivity contribution in [3.63, 3.8) is 0 Å². The maximum atomic E-state index is 4.07. The Morgan fingerprint density at radius 2 is 1.90 bits per heavy atom. The molecule has 0 saturated carbocycles. The average Bonchev–Trinajstić information content (AvgIpc) is 2.89. The highest BCUT2D eigenvalue weighted by molar-refractivity contribution is 5.25. The zero-order valence-electron chi connectivity index (χ0n) is 12.9. The number of hydrogen-bond donors (Lipinski definition) is 1. The van der Waals surface area contributed by atoms with Crippen LogP contribution in [0, 0.1) is 0 Å². The lowest BCUT2D eigenvalue weighted by Gasteiger charge is -2.23. The fraction of sp³-hybridized carbons (Fsp3) is 0.471. The zero-order chi connectivity index (χ0) is 14.6. The third-order valence-corrected chi connectivity index (χ3v) is 3.41. The van der Waals surface area contributed by atoms with Crippen molar-refractivity contribution in [1.82, 2.24) is 14.9 Å². The van der Waals surface area contributed by atoms with E-state index in [0.29, 0.717) is 5.92 Å². The van der Waals surface area contributed by atoms with E-state index in [2.05, 4.69) is 66.8 Å². The predicted molar refractivity (Wildman–Crippen MR) is 83.9 cm³/mol. The number of nitrogens with zero attached hydrogens (tertiary/aromatic N) is 2. The molecule has 0 saturated heterocycles. The number of imidazole rings is 1. The van der Waals surface area contributed by atoms with Crippen LogP contribution < -0.4 is 5.32 Å². The number of benzene rings is 1. The Kier molecular flexibility index (Phi) is 4.61. The topological polar surface area (TPSA) is 29.9 Å². The number of hydrogen-bond acceptors (Lipinski definition) is 2. The molecule has 0 bridgehead atoms. The molecular weight excluding hydrogens is 246 g/mol. The van der Waals surface area contributed by atoms with Crippen molar-refractivity contribution in [3.8, 4) is 0 Å². The molecule has 0 fully saturated rings. The van der Waals surface area contributed by atoms with Gasteiger partial charge in [0.05, 0.1) is 6.33 Å². The van der Waals surface area contributed by atoms with Gasteiger partial charge in [-0.2, -0.15) is 0 Å². The Morgan fingerprint density at radius 1 is 1.20 bits per heavy atom. The molecule has 1 unspecified atom stereocenters. The Balaban J connectivity index is 1.93. The van der Waals surface area contributed by atoms with Gasteiger partial charge in [0.2, 0.25) is 0 Å². The van der Waals surface area contributed by atoms with Gasteiger partial charge < -0.3 is 9.88 Å². The van der Waals surface area contributed by atoms with Crippen molar-refractivity contribution in [2.24, 2.45) is 0 Å². The lowest BCUT2D eigenvalue weighted by atomic mass is 9.98. The molecule has 3 heteroatoms. The van der Waals surface area contributed by atoms with E-state index in [1.807, 2.05) is 18.7 Å². The summed E-state index contributed by atoms with van der Waals surface area (Å²) in [5.41, 5.74) is 2.87.